The standard InChI is InChI=1S/C29H40O4S/c1-8-29(9-2,23-11-10-22(20(3)16-23)19-34(31)28(5,6)7)24-12-14-26(21(4)17-24)32-18-25-13-15-27(30)33-25/h10-12,14,16-17,25H,8-9,13,15,18-19H2,1-7H3/t25-,34?/m0/s1. The summed E-state index contributed by atoms with van der Waals surface area (Å²) in [7, 11) is -0.918. The highest BCUT2D eigenvalue weighted by atomic mass is 32.2. The Hall–Kier alpha value is -2.14. The number of hydrogen-bond acceptors (Lipinski definition) is 4. The monoisotopic (exact) mass is 484 g/mol. The fourth-order valence-electron chi connectivity index (χ4n) is 4.74. The van der Waals surface area contributed by atoms with Crippen LogP contribution >= 0.6 is 0 Å². The fraction of sp³-hybridized carbons (Fsp3) is 0.552. The van der Waals surface area contributed by atoms with Gasteiger partial charge < -0.3 is 9.47 Å². The molecule has 0 radical (unpaired) electrons. The molecule has 1 aliphatic rings. The van der Waals surface area contributed by atoms with Gasteiger partial charge in [0.25, 0.3) is 0 Å². The van der Waals surface area contributed by atoms with Gasteiger partial charge in [0, 0.05) is 33.1 Å². The van der Waals surface area contributed by atoms with E-state index in [0.29, 0.717) is 18.8 Å². The predicted molar refractivity (Wildman–Crippen MR) is 140 cm³/mol. The van der Waals surface area contributed by atoms with Crippen LogP contribution in [-0.2, 0) is 31.5 Å². The second kappa shape index (κ2) is 10.6. The molecule has 1 aliphatic heterocycles. The van der Waals surface area contributed by atoms with Crippen LogP contribution in [-0.4, -0.2) is 27.6 Å². The predicted octanol–water partition coefficient (Wildman–Crippen LogP) is 6.54. The molecule has 186 valence electrons. The zero-order valence-electron chi connectivity index (χ0n) is 21.8. The number of carbonyl (C=O) groups is 1. The molecule has 0 amide bonds. The molecule has 3 rings (SSSR count). The molecule has 0 aromatic heterocycles. The van der Waals surface area contributed by atoms with Gasteiger partial charge in [0.15, 0.2) is 0 Å². The van der Waals surface area contributed by atoms with E-state index in [1.54, 1.807) is 0 Å². The lowest BCUT2D eigenvalue weighted by Gasteiger charge is -2.34. The van der Waals surface area contributed by atoms with E-state index in [2.05, 4.69) is 64.1 Å². The number of benzene rings is 2. The maximum Gasteiger partial charge on any atom is 0.306 e. The minimum absolute atomic E-state index is 0.100. The molecule has 0 saturated carbocycles. The highest BCUT2D eigenvalue weighted by Crippen LogP contribution is 2.41. The van der Waals surface area contributed by atoms with E-state index in [1.165, 1.54) is 16.7 Å². The number of aryl methyl sites for hydroxylation is 2. The van der Waals surface area contributed by atoms with Gasteiger partial charge in [-0.1, -0.05) is 44.2 Å². The molecule has 5 heteroatoms. The van der Waals surface area contributed by atoms with Gasteiger partial charge in [0.2, 0.25) is 0 Å². The molecule has 0 aliphatic carbocycles. The van der Waals surface area contributed by atoms with E-state index in [-0.39, 0.29) is 22.2 Å². The van der Waals surface area contributed by atoms with Crippen LogP contribution in [0.25, 0.3) is 0 Å². The Morgan fingerprint density at radius 2 is 1.62 bits per heavy atom. The Bertz CT molecular complexity index is 1050. The van der Waals surface area contributed by atoms with Gasteiger partial charge in [-0.2, -0.15) is 0 Å². The van der Waals surface area contributed by atoms with Crippen LogP contribution in [0.15, 0.2) is 36.4 Å². The number of esters is 1. The van der Waals surface area contributed by atoms with Crippen molar-refractivity contribution in [1.29, 1.82) is 0 Å². The van der Waals surface area contributed by atoms with Crippen molar-refractivity contribution in [3.63, 3.8) is 0 Å². The molecule has 2 aromatic rings. The second-order valence-corrected chi connectivity index (χ2v) is 12.7. The molecule has 34 heavy (non-hydrogen) atoms. The first-order valence-electron chi connectivity index (χ1n) is 12.4. The third-order valence-electron chi connectivity index (χ3n) is 7.19. The lowest BCUT2D eigenvalue weighted by atomic mass is 9.70. The van der Waals surface area contributed by atoms with Crippen molar-refractivity contribution in [2.24, 2.45) is 0 Å². The quantitative estimate of drug-likeness (QED) is 0.379. The summed E-state index contributed by atoms with van der Waals surface area (Å²) in [5, 5.41) is 0. The van der Waals surface area contributed by atoms with Gasteiger partial charge in [-0.15, -0.1) is 0 Å². The average molecular weight is 485 g/mol. The van der Waals surface area contributed by atoms with Crippen LogP contribution in [0.3, 0.4) is 0 Å². The number of carbonyl (C=O) groups excluding carboxylic acids is 1. The molecule has 2 atom stereocenters. The van der Waals surface area contributed by atoms with E-state index in [1.807, 2.05) is 20.8 Å². The Morgan fingerprint density at radius 1 is 1.00 bits per heavy atom. The first kappa shape index (κ1) is 26.5. The van der Waals surface area contributed by atoms with Crippen LogP contribution in [0, 0.1) is 13.8 Å². The largest absolute Gasteiger partial charge is 0.489 e. The lowest BCUT2D eigenvalue weighted by molar-refractivity contribution is -0.142. The molecular formula is C29H40O4S. The Labute approximate surface area is 207 Å². The molecule has 1 unspecified atom stereocenters. The summed E-state index contributed by atoms with van der Waals surface area (Å²) < 4.78 is 23.8. The van der Waals surface area contributed by atoms with Crippen LogP contribution in [0.1, 0.15) is 88.1 Å². The topological polar surface area (TPSA) is 52.6 Å². The summed E-state index contributed by atoms with van der Waals surface area (Å²) in [6, 6.07) is 13.1. The summed E-state index contributed by atoms with van der Waals surface area (Å²) in [6.45, 7) is 15.2. The van der Waals surface area contributed by atoms with Gasteiger partial charge in [-0.05, 0) is 87.8 Å². The molecule has 0 bridgehead atoms. The molecule has 4 nitrogen and oxygen atoms in total. The maximum atomic E-state index is 12.7. The normalized spacial score (nSPS) is 17.5. The summed E-state index contributed by atoms with van der Waals surface area (Å²) >= 11 is 0. The molecular weight excluding hydrogens is 444 g/mol. The van der Waals surface area contributed by atoms with Crippen LogP contribution in [0.5, 0.6) is 5.75 Å². The highest BCUT2D eigenvalue weighted by molar-refractivity contribution is 7.85. The third kappa shape index (κ3) is 5.73. The Balaban J connectivity index is 1.85. The number of hydrogen-bond donors (Lipinski definition) is 0. The lowest BCUT2D eigenvalue weighted by Crippen LogP contribution is -2.27. The van der Waals surface area contributed by atoms with Crippen molar-refractivity contribution in [1.82, 2.24) is 0 Å². The van der Waals surface area contributed by atoms with Gasteiger partial charge in [-0.25, -0.2) is 0 Å². The van der Waals surface area contributed by atoms with Crippen LogP contribution in [0.4, 0.5) is 0 Å². The Kier molecular flexibility index (Phi) is 8.28. The zero-order valence-corrected chi connectivity index (χ0v) is 22.6. The fourth-order valence-corrected chi connectivity index (χ4v) is 5.78. The van der Waals surface area contributed by atoms with Crippen molar-refractivity contribution in [2.45, 2.75) is 96.2 Å². The highest BCUT2D eigenvalue weighted by Gasteiger charge is 2.32. The van der Waals surface area contributed by atoms with E-state index < -0.39 is 10.8 Å². The van der Waals surface area contributed by atoms with E-state index in [0.717, 1.165) is 36.1 Å². The van der Waals surface area contributed by atoms with Crippen molar-refractivity contribution in [3.8, 4) is 5.75 Å². The van der Waals surface area contributed by atoms with Gasteiger partial charge in [0.05, 0.1) is 0 Å². The van der Waals surface area contributed by atoms with Crippen LogP contribution < -0.4 is 4.74 Å². The minimum atomic E-state index is -0.918. The number of ether oxygens (including phenoxy) is 2. The molecule has 2 aromatic carbocycles. The van der Waals surface area contributed by atoms with Crippen LogP contribution in [0.2, 0.25) is 0 Å². The summed E-state index contributed by atoms with van der Waals surface area (Å²) in [5.74, 6) is 1.29. The van der Waals surface area contributed by atoms with Crippen molar-refractivity contribution < 1.29 is 18.5 Å². The molecule has 1 fully saturated rings. The van der Waals surface area contributed by atoms with Gasteiger partial charge in [-0.3, -0.25) is 9.00 Å². The second-order valence-electron chi connectivity index (χ2n) is 10.5. The van der Waals surface area contributed by atoms with E-state index >= 15 is 0 Å². The SMILES string of the molecule is CCC(CC)(c1ccc(CS(=O)C(C)(C)C)c(C)c1)c1ccc(OC[C@@H]2CCC(=O)O2)c(C)c1. The zero-order chi connectivity index (χ0) is 25.1. The molecule has 1 saturated heterocycles. The van der Waals surface area contributed by atoms with Gasteiger partial charge in [0.1, 0.15) is 18.5 Å². The summed E-state index contributed by atoms with van der Waals surface area (Å²) in [5.41, 5.74) is 5.92. The molecule has 0 spiro atoms. The smallest absolute Gasteiger partial charge is 0.306 e. The van der Waals surface area contributed by atoms with Gasteiger partial charge >= 0.3 is 5.97 Å². The average Bonchev–Trinajstić information content (AvgIpc) is 3.20. The van der Waals surface area contributed by atoms with E-state index in [4.69, 9.17) is 9.47 Å². The van der Waals surface area contributed by atoms with E-state index in [9.17, 15) is 9.00 Å². The number of cyclic esters (lactones) is 1. The first-order chi connectivity index (χ1) is 16.0. The van der Waals surface area contributed by atoms with Crippen molar-refractivity contribution in [2.75, 3.05) is 6.61 Å². The Morgan fingerprint density at radius 3 is 2.12 bits per heavy atom. The third-order valence-corrected chi connectivity index (χ3v) is 9.13. The minimum Gasteiger partial charge on any atom is -0.489 e. The maximum absolute atomic E-state index is 12.7. The molecule has 0 N–H and O–H groups in total. The first-order valence-corrected chi connectivity index (χ1v) is 13.7. The number of rotatable bonds is 9. The summed E-state index contributed by atoms with van der Waals surface area (Å²) in [6.07, 6.45) is 3.02. The van der Waals surface area contributed by atoms with Crippen molar-refractivity contribution >= 4 is 16.8 Å². The van der Waals surface area contributed by atoms with Crippen molar-refractivity contribution in [3.05, 3.63) is 64.2 Å². The summed E-state index contributed by atoms with van der Waals surface area (Å²) in [4.78, 5) is 11.3. The molecule has 1 heterocycles.